The first-order chi connectivity index (χ1) is 11.0. The standard InChI is InChI=1S/C16H19ClN2O4/c1-18(9-10-23-13-4-2-3-12(17)11-13)14(20)7-8-19-15(21)5-6-16(19)22/h2-4,11H,5-10H2,1H3. The number of benzene rings is 1. The normalized spacial score (nSPS) is 14.3. The molecule has 0 N–H and O–H groups in total. The van der Waals surface area contributed by atoms with E-state index in [2.05, 4.69) is 0 Å². The molecule has 3 amide bonds. The summed E-state index contributed by atoms with van der Waals surface area (Å²) in [4.78, 5) is 37.6. The number of nitrogens with zero attached hydrogens (tertiary/aromatic N) is 2. The lowest BCUT2D eigenvalue weighted by Gasteiger charge is -2.19. The molecule has 2 rings (SSSR count). The van der Waals surface area contributed by atoms with E-state index in [4.69, 9.17) is 16.3 Å². The van der Waals surface area contributed by atoms with E-state index in [0.717, 1.165) is 4.90 Å². The predicted octanol–water partition coefficient (Wildman–Crippen LogP) is 1.72. The van der Waals surface area contributed by atoms with Gasteiger partial charge in [-0.2, -0.15) is 0 Å². The van der Waals surface area contributed by atoms with Crippen LogP contribution in [0.1, 0.15) is 19.3 Å². The Kier molecular flexibility index (Phi) is 5.98. The minimum Gasteiger partial charge on any atom is -0.492 e. The summed E-state index contributed by atoms with van der Waals surface area (Å²) in [5, 5.41) is 0.590. The molecular weight excluding hydrogens is 320 g/mol. The molecule has 0 bridgehead atoms. The zero-order valence-corrected chi connectivity index (χ0v) is 13.7. The number of rotatable bonds is 7. The molecule has 0 radical (unpaired) electrons. The Balaban J connectivity index is 1.70. The van der Waals surface area contributed by atoms with Gasteiger partial charge in [-0.3, -0.25) is 19.3 Å². The molecule has 124 valence electrons. The van der Waals surface area contributed by atoms with Crippen LogP contribution < -0.4 is 4.74 Å². The molecule has 1 aliphatic rings. The van der Waals surface area contributed by atoms with E-state index >= 15 is 0 Å². The van der Waals surface area contributed by atoms with Crippen LogP contribution in [0.4, 0.5) is 0 Å². The van der Waals surface area contributed by atoms with Gasteiger partial charge in [0.05, 0.1) is 6.54 Å². The van der Waals surface area contributed by atoms with Gasteiger partial charge in [0.25, 0.3) is 0 Å². The minimum absolute atomic E-state index is 0.130. The molecule has 1 aromatic rings. The van der Waals surface area contributed by atoms with Crippen molar-refractivity contribution in [1.82, 2.24) is 9.80 Å². The number of hydrogen-bond donors (Lipinski definition) is 0. The molecule has 0 spiro atoms. The average Bonchev–Trinajstić information content (AvgIpc) is 2.83. The van der Waals surface area contributed by atoms with Crippen molar-refractivity contribution in [3.8, 4) is 5.75 Å². The quantitative estimate of drug-likeness (QED) is 0.710. The summed E-state index contributed by atoms with van der Waals surface area (Å²) in [6, 6.07) is 7.04. The van der Waals surface area contributed by atoms with Crippen molar-refractivity contribution in [2.45, 2.75) is 19.3 Å². The lowest BCUT2D eigenvalue weighted by atomic mass is 10.3. The number of hydrogen-bond acceptors (Lipinski definition) is 4. The molecule has 0 atom stereocenters. The largest absolute Gasteiger partial charge is 0.492 e. The van der Waals surface area contributed by atoms with Gasteiger partial charge in [-0.15, -0.1) is 0 Å². The van der Waals surface area contributed by atoms with Gasteiger partial charge in [0.2, 0.25) is 17.7 Å². The summed E-state index contributed by atoms with van der Waals surface area (Å²) < 4.78 is 5.52. The number of carbonyl (C=O) groups is 3. The van der Waals surface area contributed by atoms with Crippen molar-refractivity contribution in [1.29, 1.82) is 0 Å². The molecule has 1 heterocycles. The van der Waals surface area contributed by atoms with E-state index < -0.39 is 0 Å². The smallest absolute Gasteiger partial charge is 0.229 e. The molecule has 0 unspecified atom stereocenters. The van der Waals surface area contributed by atoms with Gasteiger partial charge in [0.15, 0.2) is 0 Å². The number of carbonyl (C=O) groups excluding carboxylic acids is 3. The van der Waals surface area contributed by atoms with Gasteiger partial charge in [-0.05, 0) is 18.2 Å². The highest BCUT2D eigenvalue weighted by Gasteiger charge is 2.29. The summed E-state index contributed by atoms with van der Waals surface area (Å²) in [6.07, 6.45) is 0.623. The zero-order valence-electron chi connectivity index (χ0n) is 13.0. The molecule has 1 aliphatic heterocycles. The Morgan fingerprint density at radius 3 is 2.65 bits per heavy atom. The van der Waals surface area contributed by atoms with Crippen LogP contribution >= 0.6 is 11.6 Å². The van der Waals surface area contributed by atoms with Crippen molar-refractivity contribution in [3.63, 3.8) is 0 Å². The number of imide groups is 1. The molecular formula is C16H19ClN2O4. The maximum absolute atomic E-state index is 12.0. The molecule has 0 aromatic heterocycles. The molecule has 1 fully saturated rings. The molecule has 0 saturated carbocycles. The SMILES string of the molecule is CN(CCOc1cccc(Cl)c1)C(=O)CCN1C(=O)CCC1=O. The second-order valence-corrected chi connectivity index (χ2v) is 5.75. The Labute approximate surface area is 139 Å². The Morgan fingerprint density at radius 1 is 1.30 bits per heavy atom. The van der Waals surface area contributed by atoms with Crippen LogP contribution in [-0.2, 0) is 14.4 Å². The second kappa shape index (κ2) is 7.97. The van der Waals surface area contributed by atoms with E-state index in [-0.39, 0.29) is 43.5 Å². The van der Waals surface area contributed by atoms with Crippen molar-refractivity contribution in [2.24, 2.45) is 0 Å². The fourth-order valence-corrected chi connectivity index (χ4v) is 2.43. The van der Waals surface area contributed by atoms with Crippen LogP contribution in [-0.4, -0.2) is 54.3 Å². The first kappa shape index (κ1) is 17.3. The van der Waals surface area contributed by atoms with E-state index in [9.17, 15) is 14.4 Å². The maximum atomic E-state index is 12.0. The predicted molar refractivity (Wildman–Crippen MR) is 85.2 cm³/mol. The van der Waals surface area contributed by atoms with E-state index in [0.29, 0.717) is 23.9 Å². The van der Waals surface area contributed by atoms with Crippen molar-refractivity contribution in [2.75, 3.05) is 26.7 Å². The van der Waals surface area contributed by atoms with Crippen LogP contribution in [0.15, 0.2) is 24.3 Å². The van der Waals surface area contributed by atoms with Gasteiger partial charge in [-0.25, -0.2) is 0 Å². The monoisotopic (exact) mass is 338 g/mol. The third-order valence-corrected chi connectivity index (χ3v) is 3.86. The van der Waals surface area contributed by atoms with E-state index in [1.807, 2.05) is 0 Å². The van der Waals surface area contributed by atoms with Crippen molar-refractivity contribution >= 4 is 29.3 Å². The first-order valence-corrected chi connectivity index (χ1v) is 7.80. The Hall–Kier alpha value is -2.08. The van der Waals surface area contributed by atoms with Crippen molar-refractivity contribution in [3.05, 3.63) is 29.3 Å². The number of halogens is 1. The van der Waals surface area contributed by atoms with E-state index in [1.165, 1.54) is 4.90 Å². The van der Waals surface area contributed by atoms with Crippen LogP contribution in [0.5, 0.6) is 5.75 Å². The molecule has 7 heteroatoms. The van der Waals surface area contributed by atoms with Gasteiger partial charge < -0.3 is 9.64 Å². The Bertz CT molecular complexity index is 589. The van der Waals surface area contributed by atoms with Gasteiger partial charge in [0, 0.05) is 37.9 Å². The second-order valence-electron chi connectivity index (χ2n) is 5.31. The van der Waals surface area contributed by atoms with Crippen LogP contribution in [0.2, 0.25) is 5.02 Å². The van der Waals surface area contributed by atoms with Crippen LogP contribution in [0.25, 0.3) is 0 Å². The summed E-state index contributed by atoms with van der Waals surface area (Å²) in [5.74, 6) is 0.114. The van der Waals surface area contributed by atoms with E-state index in [1.54, 1.807) is 31.3 Å². The summed E-state index contributed by atoms with van der Waals surface area (Å²) in [6.45, 7) is 0.896. The highest BCUT2D eigenvalue weighted by atomic mass is 35.5. The lowest BCUT2D eigenvalue weighted by molar-refractivity contribution is -0.139. The van der Waals surface area contributed by atoms with Gasteiger partial charge in [-0.1, -0.05) is 17.7 Å². The van der Waals surface area contributed by atoms with Gasteiger partial charge >= 0.3 is 0 Å². The number of likely N-dealkylation sites (N-methyl/N-ethyl adjacent to an activating group) is 1. The van der Waals surface area contributed by atoms with Crippen LogP contribution in [0.3, 0.4) is 0 Å². The third kappa shape index (κ3) is 4.96. The average molecular weight is 339 g/mol. The minimum atomic E-state index is -0.199. The number of amides is 3. The van der Waals surface area contributed by atoms with Crippen LogP contribution in [0, 0.1) is 0 Å². The number of likely N-dealkylation sites (tertiary alicyclic amines) is 1. The lowest BCUT2D eigenvalue weighted by Crippen LogP contribution is -2.36. The summed E-state index contributed by atoms with van der Waals surface area (Å²) >= 11 is 5.86. The topological polar surface area (TPSA) is 66.9 Å². The number of ether oxygens (including phenoxy) is 1. The third-order valence-electron chi connectivity index (χ3n) is 3.62. The fourth-order valence-electron chi connectivity index (χ4n) is 2.25. The Morgan fingerprint density at radius 2 is 2.00 bits per heavy atom. The van der Waals surface area contributed by atoms with Crippen molar-refractivity contribution < 1.29 is 19.1 Å². The molecule has 0 aliphatic carbocycles. The highest BCUT2D eigenvalue weighted by Crippen LogP contribution is 2.17. The maximum Gasteiger partial charge on any atom is 0.229 e. The molecule has 1 saturated heterocycles. The molecule has 6 nitrogen and oxygen atoms in total. The summed E-state index contributed by atoms with van der Waals surface area (Å²) in [7, 11) is 1.66. The fraction of sp³-hybridized carbons (Fsp3) is 0.438. The first-order valence-electron chi connectivity index (χ1n) is 7.43. The highest BCUT2D eigenvalue weighted by molar-refractivity contribution is 6.30. The van der Waals surface area contributed by atoms with Gasteiger partial charge in [0.1, 0.15) is 12.4 Å². The summed E-state index contributed by atoms with van der Waals surface area (Å²) in [5.41, 5.74) is 0. The zero-order chi connectivity index (χ0) is 16.8. The molecule has 1 aromatic carbocycles. The molecule has 23 heavy (non-hydrogen) atoms.